The second-order valence-corrected chi connectivity index (χ2v) is 7.01. The lowest BCUT2D eigenvalue weighted by Crippen LogP contribution is -2.31. The maximum absolute atomic E-state index is 13.8. The average molecular weight is 397 g/mol. The second-order valence-electron chi connectivity index (χ2n) is 4.97. The number of carbonyl (C=O) groups is 1. The summed E-state index contributed by atoms with van der Waals surface area (Å²) in [6, 6.07) is 7.14. The fourth-order valence-corrected chi connectivity index (χ4v) is 4.30. The van der Waals surface area contributed by atoms with Crippen LogP contribution in [0.1, 0.15) is 21.3 Å². The number of benzene rings is 1. The minimum absolute atomic E-state index is 0.0556. The number of amides is 1. The number of thioether (sulfide) groups is 1. The molecule has 23 heavy (non-hydrogen) atoms. The van der Waals surface area contributed by atoms with Gasteiger partial charge in [-0.25, -0.2) is 4.39 Å². The van der Waals surface area contributed by atoms with Crippen LogP contribution in [0.4, 0.5) is 4.39 Å². The van der Waals surface area contributed by atoms with Crippen LogP contribution in [0.2, 0.25) is 0 Å². The highest BCUT2D eigenvalue weighted by atomic mass is 79.9. The molecule has 1 atom stereocenters. The van der Waals surface area contributed by atoms with E-state index in [-0.39, 0.29) is 16.8 Å². The largest absolute Gasteiger partial charge is 0.496 e. The predicted molar refractivity (Wildman–Crippen MR) is 91.1 cm³/mol. The smallest absolute Gasteiger partial charge is 0.258 e. The van der Waals surface area contributed by atoms with Crippen molar-refractivity contribution in [2.24, 2.45) is 0 Å². The van der Waals surface area contributed by atoms with E-state index in [1.807, 2.05) is 18.2 Å². The molecule has 7 heteroatoms. The maximum Gasteiger partial charge on any atom is 0.258 e. The van der Waals surface area contributed by atoms with E-state index in [1.165, 1.54) is 12.3 Å². The highest BCUT2D eigenvalue weighted by Crippen LogP contribution is 2.41. The third-order valence-electron chi connectivity index (χ3n) is 3.62. The van der Waals surface area contributed by atoms with Crippen LogP contribution in [-0.2, 0) is 0 Å². The third-order valence-corrected chi connectivity index (χ3v) is 5.50. The van der Waals surface area contributed by atoms with Crippen molar-refractivity contribution in [3.63, 3.8) is 0 Å². The third kappa shape index (κ3) is 3.21. The van der Waals surface area contributed by atoms with Crippen molar-refractivity contribution in [1.82, 2.24) is 9.88 Å². The first-order valence-electron chi connectivity index (χ1n) is 6.97. The molecule has 0 aliphatic carbocycles. The molecular weight excluding hydrogens is 383 g/mol. The molecule has 0 bridgehead atoms. The molecule has 1 aromatic carbocycles. The van der Waals surface area contributed by atoms with Gasteiger partial charge in [0.2, 0.25) is 0 Å². The van der Waals surface area contributed by atoms with Gasteiger partial charge in [0.1, 0.15) is 11.1 Å². The van der Waals surface area contributed by atoms with Gasteiger partial charge in [0.05, 0.1) is 23.3 Å². The maximum atomic E-state index is 13.8. The van der Waals surface area contributed by atoms with Crippen molar-refractivity contribution in [2.75, 3.05) is 19.4 Å². The Labute approximate surface area is 146 Å². The molecule has 0 saturated carbocycles. The Morgan fingerprint density at radius 1 is 1.48 bits per heavy atom. The van der Waals surface area contributed by atoms with Crippen molar-refractivity contribution in [1.29, 1.82) is 0 Å². The number of methoxy groups -OCH3 is 1. The highest BCUT2D eigenvalue weighted by Gasteiger charge is 2.32. The Morgan fingerprint density at radius 2 is 2.30 bits per heavy atom. The zero-order valence-electron chi connectivity index (χ0n) is 12.3. The molecule has 1 amide bonds. The summed E-state index contributed by atoms with van der Waals surface area (Å²) < 4.78 is 19.9. The fraction of sp³-hybridized carbons (Fsp3) is 0.250. The Kier molecular flexibility index (Phi) is 4.87. The minimum Gasteiger partial charge on any atom is -0.496 e. The predicted octanol–water partition coefficient (Wildman–Crippen LogP) is 3.88. The second kappa shape index (κ2) is 6.88. The van der Waals surface area contributed by atoms with Crippen LogP contribution in [0, 0.1) is 5.82 Å². The summed E-state index contributed by atoms with van der Waals surface area (Å²) in [5.41, 5.74) is 1.03. The molecule has 2 heterocycles. The molecule has 1 saturated heterocycles. The molecule has 0 spiro atoms. The van der Waals surface area contributed by atoms with Gasteiger partial charge in [0.15, 0.2) is 5.82 Å². The number of nitrogens with zero attached hydrogens (tertiary/aromatic N) is 2. The molecule has 0 N–H and O–H groups in total. The Balaban J connectivity index is 1.90. The summed E-state index contributed by atoms with van der Waals surface area (Å²) in [7, 11) is 1.60. The van der Waals surface area contributed by atoms with E-state index in [2.05, 4.69) is 20.9 Å². The van der Waals surface area contributed by atoms with Crippen molar-refractivity contribution in [2.45, 2.75) is 5.37 Å². The molecule has 4 nitrogen and oxygen atoms in total. The van der Waals surface area contributed by atoms with Gasteiger partial charge in [-0.3, -0.25) is 9.78 Å². The molecule has 120 valence electrons. The highest BCUT2D eigenvalue weighted by molar-refractivity contribution is 9.10. The van der Waals surface area contributed by atoms with Crippen LogP contribution >= 0.6 is 27.7 Å². The number of rotatable bonds is 3. The quantitative estimate of drug-likeness (QED) is 0.789. The zero-order chi connectivity index (χ0) is 16.4. The van der Waals surface area contributed by atoms with E-state index in [4.69, 9.17) is 4.74 Å². The first-order valence-corrected chi connectivity index (χ1v) is 8.81. The summed E-state index contributed by atoms with van der Waals surface area (Å²) in [4.78, 5) is 18.1. The van der Waals surface area contributed by atoms with E-state index >= 15 is 0 Å². The van der Waals surface area contributed by atoms with Crippen LogP contribution in [0.5, 0.6) is 5.75 Å². The Morgan fingerprint density at radius 3 is 3.00 bits per heavy atom. The molecule has 2 aromatic rings. The van der Waals surface area contributed by atoms with Crippen molar-refractivity contribution >= 4 is 33.6 Å². The van der Waals surface area contributed by atoms with E-state index in [9.17, 15) is 9.18 Å². The van der Waals surface area contributed by atoms with E-state index in [0.717, 1.165) is 27.7 Å². The fourth-order valence-electron chi connectivity index (χ4n) is 2.49. The van der Waals surface area contributed by atoms with E-state index < -0.39 is 5.82 Å². The first-order chi connectivity index (χ1) is 11.1. The van der Waals surface area contributed by atoms with E-state index in [0.29, 0.717) is 6.54 Å². The number of carbonyl (C=O) groups excluding carboxylic acids is 1. The van der Waals surface area contributed by atoms with Crippen LogP contribution in [0.15, 0.2) is 41.1 Å². The van der Waals surface area contributed by atoms with Crippen LogP contribution in [0.25, 0.3) is 0 Å². The van der Waals surface area contributed by atoms with Gasteiger partial charge in [-0.2, -0.15) is 0 Å². The molecule has 1 fully saturated rings. The number of ether oxygens (including phenoxy) is 1. The monoisotopic (exact) mass is 396 g/mol. The van der Waals surface area contributed by atoms with Crippen LogP contribution in [0.3, 0.4) is 0 Å². The van der Waals surface area contributed by atoms with Crippen molar-refractivity contribution in [3.8, 4) is 5.75 Å². The van der Waals surface area contributed by atoms with Crippen LogP contribution < -0.4 is 4.74 Å². The van der Waals surface area contributed by atoms with E-state index in [1.54, 1.807) is 23.8 Å². The van der Waals surface area contributed by atoms with Crippen molar-refractivity contribution < 1.29 is 13.9 Å². The molecule has 0 radical (unpaired) electrons. The Hall–Kier alpha value is -1.60. The molecule has 3 rings (SSSR count). The summed E-state index contributed by atoms with van der Waals surface area (Å²) in [5.74, 6) is 0.637. The lowest BCUT2D eigenvalue weighted by molar-refractivity contribution is 0.0755. The molecule has 1 unspecified atom stereocenters. The van der Waals surface area contributed by atoms with Gasteiger partial charge >= 0.3 is 0 Å². The number of halogens is 2. The van der Waals surface area contributed by atoms with Gasteiger partial charge in [0, 0.05) is 18.5 Å². The average Bonchev–Trinajstić information content (AvgIpc) is 3.04. The minimum atomic E-state index is -0.593. The number of hydrogen-bond donors (Lipinski definition) is 0. The molecule has 1 aromatic heterocycles. The summed E-state index contributed by atoms with van der Waals surface area (Å²) >= 11 is 5.12. The summed E-state index contributed by atoms with van der Waals surface area (Å²) in [6.45, 7) is 0.583. The van der Waals surface area contributed by atoms with Gasteiger partial charge in [-0.15, -0.1) is 11.8 Å². The Bertz CT molecular complexity index is 744. The lowest BCUT2D eigenvalue weighted by atomic mass is 10.1. The number of hydrogen-bond acceptors (Lipinski definition) is 4. The molecule has 1 aliphatic rings. The normalized spacial score (nSPS) is 17.3. The van der Waals surface area contributed by atoms with Crippen molar-refractivity contribution in [3.05, 3.63) is 58.1 Å². The number of pyridine rings is 1. The van der Waals surface area contributed by atoms with Crippen LogP contribution in [-0.4, -0.2) is 35.2 Å². The summed E-state index contributed by atoms with van der Waals surface area (Å²) in [6.07, 6.45) is 2.49. The number of aromatic nitrogens is 1. The van der Waals surface area contributed by atoms with Gasteiger partial charge in [0.25, 0.3) is 5.91 Å². The molecule has 1 aliphatic heterocycles. The van der Waals surface area contributed by atoms with Gasteiger partial charge in [-0.1, -0.05) is 6.07 Å². The standard InChI is InChI=1S/C16H14BrFN2O2S/c1-22-14-3-2-10(8-12(14)17)16-20(6-7-23-16)15(21)11-4-5-19-9-13(11)18/h2-5,8-9,16H,6-7H2,1H3. The zero-order valence-corrected chi connectivity index (χ0v) is 14.7. The SMILES string of the molecule is COc1ccc(C2SCCN2C(=O)c2ccncc2F)cc1Br. The first kappa shape index (κ1) is 16.3. The topological polar surface area (TPSA) is 42.4 Å². The van der Waals surface area contributed by atoms with Gasteiger partial charge < -0.3 is 9.64 Å². The molecular formula is C16H14BrFN2O2S. The summed E-state index contributed by atoms with van der Waals surface area (Å²) in [5, 5.41) is -0.141. The van der Waals surface area contributed by atoms with Gasteiger partial charge in [-0.05, 0) is 39.7 Å². The lowest BCUT2D eigenvalue weighted by Gasteiger charge is -2.24.